The number of hydrogen-bond donors (Lipinski definition) is 3. The maximum Gasteiger partial charge on any atom is 0.315 e. The molecule has 2 amide bonds. The van der Waals surface area contributed by atoms with E-state index in [0.717, 1.165) is 11.3 Å². The van der Waals surface area contributed by atoms with Gasteiger partial charge in [0.2, 0.25) is 0 Å². The van der Waals surface area contributed by atoms with Gasteiger partial charge in [-0.05, 0) is 29.7 Å². The van der Waals surface area contributed by atoms with E-state index < -0.39 is 5.97 Å². The zero-order valence-corrected chi connectivity index (χ0v) is 12.7. The Labute approximate surface area is 123 Å². The van der Waals surface area contributed by atoms with Crippen molar-refractivity contribution in [2.24, 2.45) is 11.8 Å². The number of rotatable bonds is 8. The maximum atomic E-state index is 11.6. The summed E-state index contributed by atoms with van der Waals surface area (Å²) in [5.41, 5.74) is 0. The second-order valence-electron chi connectivity index (χ2n) is 5.24. The molecule has 0 aromatic carbocycles. The summed E-state index contributed by atoms with van der Waals surface area (Å²) in [6.45, 7) is 4.98. The smallest absolute Gasteiger partial charge is 0.315 e. The van der Waals surface area contributed by atoms with Crippen molar-refractivity contribution < 1.29 is 14.7 Å². The fraction of sp³-hybridized carbons (Fsp3) is 0.571. The molecule has 0 aliphatic heterocycles. The first kappa shape index (κ1) is 16.5. The minimum Gasteiger partial charge on any atom is -0.481 e. The molecule has 3 N–H and O–H groups in total. The van der Waals surface area contributed by atoms with Crippen LogP contribution in [0.1, 0.15) is 31.6 Å². The third-order valence-corrected chi connectivity index (χ3v) is 3.70. The summed E-state index contributed by atoms with van der Waals surface area (Å²) in [7, 11) is 0. The van der Waals surface area contributed by atoms with Gasteiger partial charge in [0.25, 0.3) is 0 Å². The van der Waals surface area contributed by atoms with Gasteiger partial charge in [0.05, 0.1) is 6.54 Å². The fourth-order valence-electron chi connectivity index (χ4n) is 2.03. The summed E-state index contributed by atoms with van der Waals surface area (Å²) >= 11 is 1.59. The monoisotopic (exact) mass is 298 g/mol. The Balaban J connectivity index is 2.30. The number of amides is 2. The van der Waals surface area contributed by atoms with Gasteiger partial charge in [-0.1, -0.05) is 19.9 Å². The average molecular weight is 298 g/mol. The van der Waals surface area contributed by atoms with Crippen LogP contribution in [0.15, 0.2) is 17.5 Å². The third kappa shape index (κ3) is 7.13. The van der Waals surface area contributed by atoms with Crippen LogP contribution in [0.5, 0.6) is 0 Å². The Hall–Kier alpha value is -1.56. The molecular weight excluding hydrogens is 276 g/mol. The van der Waals surface area contributed by atoms with Crippen LogP contribution in [0.4, 0.5) is 4.79 Å². The lowest BCUT2D eigenvalue weighted by atomic mass is 9.94. The van der Waals surface area contributed by atoms with Crippen LogP contribution in [0, 0.1) is 11.8 Å². The van der Waals surface area contributed by atoms with Gasteiger partial charge in [0.1, 0.15) is 0 Å². The van der Waals surface area contributed by atoms with Crippen LogP contribution in [0.3, 0.4) is 0 Å². The third-order valence-electron chi connectivity index (χ3n) is 2.82. The van der Waals surface area contributed by atoms with Crippen molar-refractivity contribution >= 4 is 23.3 Å². The van der Waals surface area contributed by atoms with E-state index in [1.54, 1.807) is 11.3 Å². The molecule has 0 aliphatic carbocycles. The van der Waals surface area contributed by atoms with Crippen molar-refractivity contribution in [2.75, 3.05) is 6.54 Å². The molecule has 0 saturated heterocycles. The number of thiophene rings is 1. The largest absolute Gasteiger partial charge is 0.481 e. The number of aliphatic carboxylic acids is 1. The number of carbonyl (C=O) groups excluding carboxylic acids is 1. The van der Waals surface area contributed by atoms with E-state index in [2.05, 4.69) is 10.6 Å². The molecule has 0 spiro atoms. The average Bonchev–Trinajstić information content (AvgIpc) is 2.85. The number of nitrogens with one attached hydrogen (secondary N) is 2. The van der Waals surface area contributed by atoms with E-state index in [1.165, 1.54) is 0 Å². The number of hydrogen-bond acceptors (Lipinski definition) is 3. The Morgan fingerprint density at radius 2 is 2.10 bits per heavy atom. The molecule has 1 aromatic heterocycles. The Morgan fingerprint density at radius 3 is 2.65 bits per heavy atom. The molecule has 1 heterocycles. The van der Waals surface area contributed by atoms with Gasteiger partial charge in [0, 0.05) is 17.8 Å². The molecule has 0 radical (unpaired) electrons. The van der Waals surface area contributed by atoms with Crippen molar-refractivity contribution in [2.45, 2.75) is 33.2 Å². The second kappa shape index (κ2) is 8.58. The van der Waals surface area contributed by atoms with Gasteiger partial charge in [-0.2, -0.15) is 0 Å². The fourth-order valence-corrected chi connectivity index (χ4v) is 2.68. The molecule has 1 atom stereocenters. The first-order valence-electron chi connectivity index (χ1n) is 6.73. The number of urea groups is 1. The lowest BCUT2D eigenvalue weighted by molar-refractivity contribution is -0.138. The van der Waals surface area contributed by atoms with Gasteiger partial charge in [-0.15, -0.1) is 11.3 Å². The Morgan fingerprint density at radius 1 is 1.35 bits per heavy atom. The van der Waals surface area contributed by atoms with Crippen molar-refractivity contribution in [3.05, 3.63) is 22.4 Å². The van der Waals surface area contributed by atoms with Crippen molar-refractivity contribution in [1.82, 2.24) is 10.6 Å². The predicted octanol–water partition coefficient (Wildman–Crippen LogP) is 2.68. The summed E-state index contributed by atoms with van der Waals surface area (Å²) < 4.78 is 0. The lowest BCUT2D eigenvalue weighted by Gasteiger charge is -2.17. The van der Waals surface area contributed by atoms with Crippen molar-refractivity contribution in [1.29, 1.82) is 0 Å². The van der Waals surface area contributed by atoms with Crippen LogP contribution in [-0.4, -0.2) is 23.7 Å². The van der Waals surface area contributed by atoms with E-state index in [0.29, 0.717) is 19.0 Å². The van der Waals surface area contributed by atoms with Crippen LogP contribution < -0.4 is 10.6 Å². The highest BCUT2D eigenvalue weighted by Gasteiger charge is 2.15. The van der Waals surface area contributed by atoms with Crippen molar-refractivity contribution in [3.8, 4) is 0 Å². The summed E-state index contributed by atoms with van der Waals surface area (Å²) in [5.74, 6) is -0.438. The molecular formula is C14H22N2O3S. The number of carboxylic acids is 1. The molecule has 1 rings (SSSR count). The summed E-state index contributed by atoms with van der Waals surface area (Å²) in [4.78, 5) is 23.5. The van der Waals surface area contributed by atoms with E-state index in [9.17, 15) is 9.59 Å². The van der Waals surface area contributed by atoms with E-state index in [4.69, 9.17) is 5.11 Å². The van der Waals surface area contributed by atoms with E-state index in [1.807, 2.05) is 31.4 Å². The molecule has 0 unspecified atom stereocenters. The Bertz CT molecular complexity index is 418. The molecule has 6 heteroatoms. The van der Waals surface area contributed by atoms with Gasteiger partial charge in [0.15, 0.2) is 0 Å². The van der Waals surface area contributed by atoms with Gasteiger partial charge in [-0.25, -0.2) is 4.79 Å². The van der Waals surface area contributed by atoms with Gasteiger partial charge in [-0.3, -0.25) is 4.79 Å². The molecule has 0 saturated carbocycles. The summed E-state index contributed by atoms with van der Waals surface area (Å²) in [6, 6.07) is 3.64. The lowest BCUT2D eigenvalue weighted by Crippen LogP contribution is -2.38. The topological polar surface area (TPSA) is 78.4 Å². The normalized spacial score (nSPS) is 12.2. The SMILES string of the molecule is CC(C)C[C@H](CNC(=O)NCc1cccs1)CC(=O)O. The zero-order valence-electron chi connectivity index (χ0n) is 11.9. The molecule has 112 valence electrons. The zero-order chi connectivity index (χ0) is 15.0. The van der Waals surface area contributed by atoms with Gasteiger partial charge >= 0.3 is 12.0 Å². The number of carbonyl (C=O) groups is 2. The maximum absolute atomic E-state index is 11.6. The summed E-state index contributed by atoms with van der Waals surface area (Å²) in [5, 5.41) is 16.3. The van der Waals surface area contributed by atoms with Crippen LogP contribution in [0.2, 0.25) is 0 Å². The highest BCUT2D eigenvalue weighted by atomic mass is 32.1. The van der Waals surface area contributed by atoms with Crippen molar-refractivity contribution in [3.63, 3.8) is 0 Å². The predicted molar refractivity (Wildman–Crippen MR) is 79.8 cm³/mol. The summed E-state index contributed by atoms with van der Waals surface area (Å²) in [6.07, 6.45) is 0.876. The first-order chi connectivity index (χ1) is 9.47. The molecule has 0 bridgehead atoms. The number of carboxylic acid groups (broad SMARTS) is 1. The molecule has 0 fully saturated rings. The second-order valence-corrected chi connectivity index (χ2v) is 6.27. The van der Waals surface area contributed by atoms with E-state index in [-0.39, 0.29) is 18.4 Å². The first-order valence-corrected chi connectivity index (χ1v) is 7.61. The quantitative estimate of drug-likeness (QED) is 0.690. The minimum atomic E-state index is -0.823. The standard InChI is InChI=1S/C14H22N2O3S/c1-10(2)6-11(7-13(17)18)8-15-14(19)16-9-12-4-3-5-20-12/h3-5,10-11H,6-9H2,1-2H3,(H,17,18)(H2,15,16,19)/t11-/m0/s1. The molecule has 5 nitrogen and oxygen atoms in total. The minimum absolute atomic E-state index is 0.0278. The van der Waals surface area contributed by atoms with Gasteiger partial charge < -0.3 is 15.7 Å². The molecule has 1 aromatic rings. The van der Waals surface area contributed by atoms with Crippen LogP contribution in [-0.2, 0) is 11.3 Å². The van der Waals surface area contributed by atoms with Crippen LogP contribution in [0.25, 0.3) is 0 Å². The highest BCUT2D eigenvalue weighted by molar-refractivity contribution is 7.09. The van der Waals surface area contributed by atoms with Crippen LogP contribution >= 0.6 is 11.3 Å². The molecule has 0 aliphatic rings. The molecule has 20 heavy (non-hydrogen) atoms. The highest BCUT2D eigenvalue weighted by Crippen LogP contribution is 2.14. The Kier molecular flexibility index (Phi) is 7.08. The van der Waals surface area contributed by atoms with E-state index >= 15 is 0 Å².